The lowest BCUT2D eigenvalue weighted by atomic mass is 10.1. The maximum atomic E-state index is 11.6. The Morgan fingerprint density at radius 3 is 2.59 bits per heavy atom. The Bertz CT molecular complexity index is 337. The number of carbonyl (C=O) groups excluding carboxylic acids is 1. The third kappa shape index (κ3) is 5.00. The van der Waals surface area contributed by atoms with Gasteiger partial charge in [-0.2, -0.15) is 0 Å². The van der Waals surface area contributed by atoms with Gasteiger partial charge in [0.1, 0.15) is 6.04 Å². The fourth-order valence-electron chi connectivity index (χ4n) is 1.40. The van der Waals surface area contributed by atoms with Gasteiger partial charge in [0.25, 0.3) is 0 Å². The van der Waals surface area contributed by atoms with Crippen molar-refractivity contribution in [3.05, 3.63) is 35.9 Å². The number of hydrogen-bond acceptors (Lipinski definition) is 3. The summed E-state index contributed by atoms with van der Waals surface area (Å²) in [6.45, 7) is 4.58. The van der Waals surface area contributed by atoms with E-state index < -0.39 is 6.04 Å². The first-order chi connectivity index (χ1) is 8.13. The van der Waals surface area contributed by atoms with Crippen LogP contribution in [0.25, 0.3) is 0 Å². The zero-order valence-corrected chi connectivity index (χ0v) is 10.6. The summed E-state index contributed by atoms with van der Waals surface area (Å²) in [7, 11) is 0. The minimum atomic E-state index is -0.568. The van der Waals surface area contributed by atoms with Crippen LogP contribution in [0.3, 0.4) is 0 Å². The summed E-state index contributed by atoms with van der Waals surface area (Å²) >= 11 is 0. The summed E-state index contributed by atoms with van der Waals surface area (Å²) < 4.78 is 5.16. The Morgan fingerprint density at radius 1 is 1.35 bits per heavy atom. The van der Waals surface area contributed by atoms with Crippen molar-refractivity contribution in [1.82, 2.24) is 0 Å². The molecule has 0 saturated carbocycles. The molecule has 2 atom stereocenters. The van der Waals surface area contributed by atoms with Crippen molar-refractivity contribution in [2.45, 2.75) is 32.7 Å². The van der Waals surface area contributed by atoms with Crippen LogP contribution in [0.1, 0.15) is 25.8 Å². The van der Waals surface area contributed by atoms with Crippen LogP contribution in [0.15, 0.2) is 30.3 Å². The predicted molar refractivity (Wildman–Crippen MR) is 68.5 cm³/mol. The maximum Gasteiger partial charge on any atom is 0.323 e. The number of rotatable bonds is 6. The highest BCUT2D eigenvalue weighted by atomic mass is 16.5. The smallest absolute Gasteiger partial charge is 0.323 e. The van der Waals surface area contributed by atoms with Gasteiger partial charge in [0.05, 0.1) is 6.61 Å². The molecule has 0 aliphatic carbocycles. The molecular formula is C14H21NO2. The third-order valence-corrected chi connectivity index (χ3v) is 2.81. The quantitative estimate of drug-likeness (QED) is 0.769. The highest BCUT2D eigenvalue weighted by molar-refractivity contribution is 5.75. The van der Waals surface area contributed by atoms with Gasteiger partial charge >= 0.3 is 5.97 Å². The van der Waals surface area contributed by atoms with Crippen molar-refractivity contribution in [3.8, 4) is 0 Å². The third-order valence-electron chi connectivity index (χ3n) is 2.81. The molecule has 0 bridgehead atoms. The average molecular weight is 235 g/mol. The molecule has 2 N–H and O–H groups in total. The van der Waals surface area contributed by atoms with Crippen molar-refractivity contribution in [2.24, 2.45) is 11.7 Å². The molecule has 3 heteroatoms. The van der Waals surface area contributed by atoms with E-state index in [1.54, 1.807) is 0 Å². The Kier molecular flexibility index (Phi) is 5.70. The molecule has 0 radical (unpaired) electrons. The van der Waals surface area contributed by atoms with Gasteiger partial charge in [-0.05, 0) is 17.9 Å². The van der Waals surface area contributed by atoms with Gasteiger partial charge in [-0.1, -0.05) is 50.6 Å². The first-order valence-corrected chi connectivity index (χ1v) is 6.09. The van der Waals surface area contributed by atoms with Gasteiger partial charge < -0.3 is 10.5 Å². The van der Waals surface area contributed by atoms with Gasteiger partial charge in [0.15, 0.2) is 0 Å². The number of nitrogens with two attached hydrogens (primary N) is 1. The zero-order chi connectivity index (χ0) is 12.7. The van der Waals surface area contributed by atoms with Gasteiger partial charge in [-0.15, -0.1) is 0 Å². The number of ether oxygens (including phenoxy) is 1. The second-order valence-electron chi connectivity index (χ2n) is 4.44. The molecule has 0 aliphatic heterocycles. The first-order valence-electron chi connectivity index (χ1n) is 6.09. The molecule has 0 aromatic heterocycles. The SMILES string of the molecule is CCC(C)COC(=O)C(N)Cc1ccccc1. The fourth-order valence-corrected chi connectivity index (χ4v) is 1.40. The second kappa shape index (κ2) is 7.07. The lowest BCUT2D eigenvalue weighted by molar-refractivity contribution is -0.146. The van der Waals surface area contributed by atoms with E-state index in [1.807, 2.05) is 30.3 Å². The number of esters is 1. The largest absolute Gasteiger partial charge is 0.464 e. The Balaban J connectivity index is 2.37. The topological polar surface area (TPSA) is 52.3 Å². The second-order valence-corrected chi connectivity index (χ2v) is 4.44. The van der Waals surface area contributed by atoms with Gasteiger partial charge in [-0.3, -0.25) is 4.79 Å². The van der Waals surface area contributed by atoms with E-state index in [0.717, 1.165) is 12.0 Å². The summed E-state index contributed by atoms with van der Waals surface area (Å²) in [5.74, 6) is 0.0806. The van der Waals surface area contributed by atoms with E-state index in [4.69, 9.17) is 10.5 Å². The summed E-state index contributed by atoms with van der Waals surface area (Å²) in [5.41, 5.74) is 6.86. The van der Waals surface area contributed by atoms with E-state index in [9.17, 15) is 4.79 Å². The average Bonchev–Trinajstić information content (AvgIpc) is 2.36. The molecule has 0 saturated heterocycles. The molecule has 0 fully saturated rings. The molecule has 0 aliphatic rings. The maximum absolute atomic E-state index is 11.6. The summed E-state index contributed by atoms with van der Waals surface area (Å²) in [5, 5.41) is 0. The van der Waals surface area contributed by atoms with Crippen LogP contribution < -0.4 is 5.73 Å². The normalized spacial score (nSPS) is 14.1. The summed E-state index contributed by atoms with van der Waals surface area (Å²) in [4.78, 5) is 11.6. The zero-order valence-electron chi connectivity index (χ0n) is 10.6. The van der Waals surface area contributed by atoms with Crippen LogP contribution in [0.4, 0.5) is 0 Å². The van der Waals surface area contributed by atoms with E-state index >= 15 is 0 Å². The molecule has 1 aromatic carbocycles. The number of hydrogen-bond donors (Lipinski definition) is 1. The molecule has 17 heavy (non-hydrogen) atoms. The van der Waals surface area contributed by atoms with Crippen molar-refractivity contribution in [2.75, 3.05) is 6.61 Å². The molecule has 1 rings (SSSR count). The van der Waals surface area contributed by atoms with Crippen LogP contribution in [0, 0.1) is 5.92 Å². The monoisotopic (exact) mass is 235 g/mol. The summed E-state index contributed by atoms with van der Waals surface area (Å²) in [6, 6.07) is 9.17. The number of benzene rings is 1. The van der Waals surface area contributed by atoms with Crippen molar-refractivity contribution in [3.63, 3.8) is 0 Å². The van der Waals surface area contributed by atoms with Gasteiger partial charge in [0.2, 0.25) is 0 Å². The first kappa shape index (κ1) is 13.7. The van der Waals surface area contributed by atoms with Gasteiger partial charge in [-0.25, -0.2) is 0 Å². The van der Waals surface area contributed by atoms with E-state index in [0.29, 0.717) is 18.9 Å². The van der Waals surface area contributed by atoms with Crippen molar-refractivity contribution >= 4 is 5.97 Å². The molecular weight excluding hydrogens is 214 g/mol. The fraction of sp³-hybridized carbons (Fsp3) is 0.500. The molecule has 1 aromatic rings. The highest BCUT2D eigenvalue weighted by Gasteiger charge is 2.16. The molecule has 94 valence electrons. The highest BCUT2D eigenvalue weighted by Crippen LogP contribution is 2.05. The molecule has 0 spiro atoms. The van der Waals surface area contributed by atoms with Crippen LogP contribution in [-0.2, 0) is 16.0 Å². The minimum Gasteiger partial charge on any atom is -0.464 e. The Hall–Kier alpha value is -1.35. The lowest BCUT2D eigenvalue weighted by Gasteiger charge is -2.14. The Labute approximate surface area is 103 Å². The Morgan fingerprint density at radius 2 is 2.00 bits per heavy atom. The standard InChI is InChI=1S/C14H21NO2/c1-3-11(2)10-17-14(16)13(15)9-12-7-5-4-6-8-12/h4-8,11,13H,3,9-10,15H2,1-2H3. The van der Waals surface area contributed by atoms with E-state index in [1.165, 1.54) is 0 Å². The van der Waals surface area contributed by atoms with Gasteiger partial charge in [0, 0.05) is 0 Å². The van der Waals surface area contributed by atoms with Crippen LogP contribution in [0.2, 0.25) is 0 Å². The molecule has 2 unspecified atom stereocenters. The van der Waals surface area contributed by atoms with Crippen molar-refractivity contribution in [1.29, 1.82) is 0 Å². The van der Waals surface area contributed by atoms with E-state index in [2.05, 4.69) is 13.8 Å². The predicted octanol–water partition coefficient (Wildman–Crippen LogP) is 2.15. The van der Waals surface area contributed by atoms with E-state index in [-0.39, 0.29) is 5.97 Å². The van der Waals surface area contributed by atoms with Crippen molar-refractivity contribution < 1.29 is 9.53 Å². The molecule has 0 amide bonds. The molecule has 0 heterocycles. The summed E-state index contributed by atoms with van der Waals surface area (Å²) in [6.07, 6.45) is 1.53. The minimum absolute atomic E-state index is 0.311. The van der Waals surface area contributed by atoms with Crippen LogP contribution >= 0.6 is 0 Å². The lowest BCUT2D eigenvalue weighted by Crippen LogP contribution is -2.35. The van der Waals surface area contributed by atoms with Crippen LogP contribution in [0.5, 0.6) is 0 Å². The van der Waals surface area contributed by atoms with Crippen LogP contribution in [-0.4, -0.2) is 18.6 Å². The number of carbonyl (C=O) groups is 1. The molecule has 3 nitrogen and oxygen atoms in total.